The number of hydrogen-bond acceptors (Lipinski definition) is 4. The Morgan fingerprint density at radius 1 is 1.24 bits per heavy atom. The summed E-state index contributed by atoms with van der Waals surface area (Å²) >= 11 is 0. The van der Waals surface area contributed by atoms with E-state index in [1.54, 1.807) is 18.6 Å². The predicted molar refractivity (Wildman–Crippen MR) is 80.5 cm³/mol. The van der Waals surface area contributed by atoms with Crippen molar-refractivity contribution in [3.8, 4) is 0 Å². The van der Waals surface area contributed by atoms with Crippen LogP contribution < -0.4 is 5.43 Å². The van der Waals surface area contributed by atoms with E-state index in [1.807, 2.05) is 24.3 Å². The Kier molecular flexibility index (Phi) is 4.02. The molecule has 0 bridgehead atoms. The number of nitrogens with one attached hydrogen (secondary N) is 1. The van der Waals surface area contributed by atoms with Gasteiger partial charge in [-0.25, -0.2) is 5.43 Å². The maximum absolute atomic E-state index is 11.9. The number of benzene rings is 1. The van der Waals surface area contributed by atoms with E-state index in [9.17, 15) is 4.79 Å². The Bertz CT molecular complexity index is 629. The molecular formula is C16H16N4O. The first-order valence-electron chi connectivity index (χ1n) is 6.82. The molecule has 2 heterocycles. The molecule has 1 aliphatic rings. The first-order chi connectivity index (χ1) is 10.3. The predicted octanol–water partition coefficient (Wildman–Crippen LogP) is 1.55. The highest BCUT2D eigenvalue weighted by Crippen LogP contribution is 2.21. The number of hydrogen-bond donors (Lipinski definition) is 1. The Morgan fingerprint density at radius 2 is 2.00 bits per heavy atom. The molecule has 0 radical (unpaired) electrons. The molecule has 5 nitrogen and oxygen atoms in total. The Hall–Kier alpha value is -2.53. The van der Waals surface area contributed by atoms with Crippen LogP contribution in [0.4, 0.5) is 0 Å². The van der Waals surface area contributed by atoms with Crippen molar-refractivity contribution >= 4 is 12.1 Å². The van der Waals surface area contributed by atoms with E-state index in [4.69, 9.17) is 0 Å². The van der Waals surface area contributed by atoms with Gasteiger partial charge in [-0.05, 0) is 17.2 Å². The molecular weight excluding hydrogens is 264 g/mol. The number of carbonyl (C=O) groups is 1. The molecule has 1 aromatic carbocycles. The summed E-state index contributed by atoms with van der Waals surface area (Å²) in [4.78, 5) is 17.9. The first-order valence-corrected chi connectivity index (χ1v) is 6.82. The van der Waals surface area contributed by atoms with Crippen molar-refractivity contribution in [2.24, 2.45) is 5.10 Å². The zero-order chi connectivity index (χ0) is 14.5. The molecule has 0 saturated heterocycles. The molecule has 0 saturated carbocycles. The normalized spacial score (nSPS) is 14.3. The third-order valence-electron chi connectivity index (χ3n) is 3.36. The second-order valence-corrected chi connectivity index (χ2v) is 4.99. The molecule has 0 atom stereocenters. The maximum Gasteiger partial charge on any atom is 0.254 e. The minimum atomic E-state index is -0.108. The zero-order valence-electron chi connectivity index (χ0n) is 11.6. The molecule has 5 heteroatoms. The SMILES string of the molecule is O=C(CN1Cc2ccccc2C1)N/N=C\c1cccnc1. The minimum absolute atomic E-state index is 0.108. The fraction of sp³-hybridized carbons (Fsp3) is 0.188. The Morgan fingerprint density at radius 3 is 2.67 bits per heavy atom. The van der Waals surface area contributed by atoms with Crippen LogP contribution in [0, 0.1) is 0 Å². The van der Waals surface area contributed by atoms with Gasteiger partial charge in [-0.2, -0.15) is 5.10 Å². The molecule has 3 rings (SSSR count). The molecule has 106 valence electrons. The van der Waals surface area contributed by atoms with E-state index in [0.717, 1.165) is 18.7 Å². The van der Waals surface area contributed by atoms with Crippen LogP contribution in [0.15, 0.2) is 53.9 Å². The molecule has 1 amide bonds. The van der Waals surface area contributed by atoms with Gasteiger partial charge in [0.25, 0.3) is 5.91 Å². The smallest absolute Gasteiger partial charge is 0.254 e. The summed E-state index contributed by atoms with van der Waals surface area (Å²) in [5, 5.41) is 3.94. The molecule has 0 aliphatic carbocycles. The number of aromatic nitrogens is 1. The lowest BCUT2D eigenvalue weighted by atomic mass is 10.1. The average molecular weight is 280 g/mol. The number of carbonyl (C=O) groups excluding carboxylic acids is 1. The van der Waals surface area contributed by atoms with Crippen LogP contribution in [-0.2, 0) is 17.9 Å². The van der Waals surface area contributed by atoms with Gasteiger partial charge in [0.1, 0.15) is 0 Å². The second kappa shape index (κ2) is 6.28. The highest BCUT2D eigenvalue weighted by Gasteiger charge is 2.19. The van der Waals surface area contributed by atoms with Crippen molar-refractivity contribution in [3.63, 3.8) is 0 Å². The summed E-state index contributed by atoms with van der Waals surface area (Å²) < 4.78 is 0. The van der Waals surface area contributed by atoms with Crippen LogP contribution >= 0.6 is 0 Å². The quantitative estimate of drug-likeness (QED) is 0.683. The average Bonchev–Trinajstić information content (AvgIpc) is 2.90. The number of hydrazone groups is 1. The van der Waals surface area contributed by atoms with Gasteiger partial charge >= 0.3 is 0 Å². The van der Waals surface area contributed by atoms with Crippen LogP contribution in [0.1, 0.15) is 16.7 Å². The van der Waals surface area contributed by atoms with Gasteiger partial charge < -0.3 is 0 Å². The van der Waals surface area contributed by atoms with E-state index in [2.05, 4.69) is 32.5 Å². The molecule has 1 aliphatic heterocycles. The van der Waals surface area contributed by atoms with Crippen molar-refractivity contribution < 1.29 is 4.79 Å². The molecule has 2 aromatic rings. The molecule has 1 N–H and O–H groups in total. The van der Waals surface area contributed by atoms with Crippen molar-refractivity contribution in [2.75, 3.05) is 6.54 Å². The van der Waals surface area contributed by atoms with Crippen molar-refractivity contribution in [3.05, 3.63) is 65.5 Å². The Labute approximate surface area is 123 Å². The highest BCUT2D eigenvalue weighted by molar-refractivity contribution is 5.82. The molecule has 0 unspecified atom stereocenters. The van der Waals surface area contributed by atoms with Gasteiger partial charge in [0.05, 0.1) is 12.8 Å². The highest BCUT2D eigenvalue weighted by atomic mass is 16.2. The second-order valence-electron chi connectivity index (χ2n) is 4.99. The third-order valence-corrected chi connectivity index (χ3v) is 3.36. The molecule has 1 aromatic heterocycles. The largest absolute Gasteiger partial charge is 0.286 e. The lowest BCUT2D eigenvalue weighted by Gasteiger charge is -2.12. The van der Waals surface area contributed by atoms with E-state index in [1.165, 1.54) is 11.1 Å². The maximum atomic E-state index is 11.9. The number of amides is 1. The van der Waals surface area contributed by atoms with Crippen molar-refractivity contribution in [1.29, 1.82) is 0 Å². The number of rotatable bonds is 4. The fourth-order valence-corrected chi connectivity index (χ4v) is 2.39. The van der Waals surface area contributed by atoms with Gasteiger partial charge in [-0.1, -0.05) is 30.3 Å². The summed E-state index contributed by atoms with van der Waals surface area (Å²) in [5.41, 5.74) is 5.99. The summed E-state index contributed by atoms with van der Waals surface area (Å²) in [6, 6.07) is 12.0. The first kappa shape index (κ1) is 13.5. The molecule has 0 fully saturated rings. The monoisotopic (exact) mass is 280 g/mol. The van der Waals surface area contributed by atoms with Crippen LogP contribution in [0.2, 0.25) is 0 Å². The van der Waals surface area contributed by atoms with Crippen LogP contribution in [0.25, 0.3) is 0 Å². The van der Waals surface area contributed by atoms with E-state index >= 15 is 0 Å². The molecule has 21 heavy (non-hydrogen) atoms. The third kappa shape index (κ3) is 3.52. The van der Waals surface area contributed by atoms with E-state index in [-0.39, 0.29) is 5.91 Å². The summed E-state index contributed by atoms with van der Waals surface area (Å²) in [7, 11) is 0. The molecule has 0 spiro atoms. The summed E-state index contributed by atoms with van der Waals surface area (Å²) in [5.74, 6) is -0.108. The fourth-order valence-electron chi connectivity index (χ4n) is 2.39. The summed E-state index contributed by atoms with van der Waals surface area (Å²) in [6.45, 7) is 1.98. The lowest BCUT2D eigenvalue weighted by molar-refractivity contribution is -0.122. The number of fused-ring (bicyclic) bond motifs is 1. The number of nitrogens with zero attached hydrogens (tertiary/aromatic N) is 3. The van der Waals surface area contributed by atoms with Gasteiger partial charge in [0.15, 0.2) is 0 Å². The van der Waals surface area contributed by atoms with Crippen molar-refractivity contribution in [2.45, 2.75) is 13.1 Å². The van der Waals surface area contributed by atoms with Crippen LogP contribution in [0.5, 0.6) is 0 Å². The lowest BCUT2D eigenvalue weighted by Crippen LogP contribution is -2.32. The van der Waals surface area contributed by atoms with Crippen molar-refractivity contribution in [1.82, 2.24) is 15.3 Å². The van der Waals surface area contributed by atoms with Gasteiger partial charge in [-0.15, -0.1) is 0 Å². The van der Waals surface area contributed by atoms with Crippen LogP contribution in [0.3, 0.4) is 0 Å². The zero-order valence-corrected chi connectivity index (χ0v) is 11.6. The Balaban J connectivity index is 1.49. The summed E-state index contributed by atoms with van der Waals surface area (Å²) in [6.07, 6.45) is 4.97. The van der Waals surface area contributed by atoms with Crippen LogP contribution in [-0.4, -0.2) is 28.6 Å². The minimum Gasteiger partial charge on any atom is -0.286 e. The topological polar surface area (TPSA) is 57.6 Å². The van der Waals surface area contributed by atoms with Gasteiger partial charge in [0, 0.05) is 31.0 Å². The van der Waals surface area contributed by atoms with E-state index in [0.29, 0.717) is 6.54 Å². The standard InChI is InChI=1S/C16H16N4O/c21-16(19-18-9-13-4-3-7-17-8-13)12-20-10-14-5-1-2-6-15(14)11-20/h1-9H,10-12H2,(H,19,21)/b18-9-. The van der Waals surface area contributed by atoms with Gasteiger partial charge in [-0.3, -0.25) is 14.7 Å². The van der Waals surface area contributed by atoms with Gasteiger partial charge in [0.2, 0.25) is 0 Å². The number of pyridine rings is 1. The van der Waals surface area contributed by atoms with E-state index < -0.39 is 0 Å².